The second-order valence-corrected chi connectivity index (χ2v) is 4.72. The summed E-state index contributed by atoms with van der Waals surface area (Å²) in [5.41, 5.74) is 3.87. The number of rotatable bonds is 4. The largest absolute Gasteiger partial charge is 0.365 e. The first-order valence-corrected chi connectivity index (χ1v) is 6.66. The minimum Gasteiger partial charge on any atom is -0.365 e. The number of nitrogens with zero attached hydrogens (tertiary/aromatic N) is 3. The monoisotopic (exact) mass is 268 g/mol. The van der Waals surface area contributed by atoms with Crippen molar-refractivity contribution in [2.24, 2.45) is 0 Å². The molecule has 0 saturated heterocycles. The third-order valence-electron chi connectivity index (χ3n) is 3.26. The van der Waals surface area contributed by atoms with E-state index < -0.39 is 0 Å². The molecule has 0 aliphatic rings. The van der Waals surface area contributed by atoms with Gasteiger partial charge in [0.2, 0.25) is 0 Å². The van der Waals surface area contributed by atoms with Gasteiger partial charge in [0.15, 0.2) is 0 Å². The number of nitrogens with one attached hydrogen (secondary N) is 1. The minimum absolute atomic E-state index is 0.531. The third-order valence-corrected chi connectivity index (χ3v) is 3.26. The van der Waals surface area contributed by atoms with Crippen molar-refractivity contribution < 1.29 is 4.52 Å². The number of aromatic nitrogens is 3. The summed E-state index contributed by atoms with van der Waals surface area (Å²) in [5, 5.41) is 8.23. The predicted octanol–water partition coefficient (Wildman–Crippen LogP) is 3.10. The number of benzene rings is 1. The van der Waals surface area contributed by atoms with Crippen molar-refractivity contribution in [1.29, 1.82) is 0 Å². The first-order valence-electron chi connectivity index (χ1n) is 6.66. The Morgan fingerprint density at radius 2 is 1.95 bits per heavy atom. The van der Waals surface area contributed by atoms with Crippen LogP contribution < -0.4 is 5.32 Å². The fourth-order valence-corrected chi connectivity index (χ4v) is 2.11. The number of fused-ring (bicyclic) bond motifs is 1. The van der Waals surface area contributed by atoms with Crippen LogP contribution in [-0.4, -0.2) is 15.1 Å². The van der Waals surface area contributed by atoms with Gasteiger partial charge in [0, 0.05) is 6.54 Å². The summed E-state index contributed by atoms with van der Waals surface area (Å²) in [7, 11) is 0. The van der Waals surface area contributed by atoms with E-state index in [1.165, 1.54) is 17.5 Å². The first kappa shape index (κ1) is 12.6. The molecule has 2 heterocycles. The molecule has 3 aromatic rings. The Morgan fingerprint density at radius 3 is 2.70 bits per heavy atom. The lowest BCUT2D eigenvalue weighted by Crippen LogP contribution is -2.02. The first-order chi connectivity index (χ1) is 9.78. The summed E-state index contributed by atoms with van der Waals surface area (Å²) >= 11 is 0. The molecule has 0 bridgehead atoms. The van der Waals surface area contributed by atoms with Crippen LogP contribution in [0.25, 0.3) is 11.1 Å². The van der Waals surface area contributed by atoms with Crippen LogP contribution in [0.15, 0.2) is 35.1 Å². The van der Waals surface area contributed by atoms with Crippen LogP contribution in [0.3, 0.4) is 0 Å². The molecule has 0 amide bonds. The Kier molecular flexibility index (Phi) is 3.33. The second-order valence-electron chi connectivity index (χ2n) is 4.72. The summed E-state index contributed by atoms with van der Waals surface area (Å²) in [6.07, 6.45) is 2.28. The summed E-state index contributed by atoms with van der Waals surface area (Å²) in [6, 6.07) is 8.41. The highest BCUT2D eigenvalue weighted by Crippen LogP contribution is 2.23. The van der Waals surface area contributed by atoms with Crippen molar-refractivity contribution in [2.75, 3.05) is 5.32 Å². The highest BCUT2D eigenvalue weighted by molar-refractivity contribution is 5.87. The van der Waals surface area contributed by atoms with Gasteiger partial charge in [0.05, 0.1) is 5.69 Å². The van der Waals surface area contributed by atoms with Crippen LogP contribution in [0, 0.1) is 6.92 Å². The number of anilines is 1. The van der Waals surface area contributed by atoms with E-state index in [0.717, 1.165) is 23.3 Å². The molecular formula is C15H16N4O. The van der Waals surface area contributed by atoms with E-state index in [1.807, 2.05) is 6.92 Å². The van der Waals surface area contributed by atoms with Crippen molar-refractivity contribution in [2.45, 2.75) is 26.8 Å². The molecule has 3 rings (SSSR count). The predicted molar refractivity (Wildman–Crippen MR) is 77.5 cm³/mol. The van der Waals surface area contributed by atoms with Crippen LogP contribution in [0.1, 0.15) is 23.7 Å². The molecule has 0 radical (unpaired) electrons. The Hall–Kier alpha value is -2.43. The Balaban J connectivity index is 1.87. The molecule has 2 aromatic heterocycles. The van der Waals surface area contributed by atoms with Gasteiger partial charge in [0.25, 0.3) is 5.71 Å². The van der Waals surface area contributed by atoms with Gasteiger partial charge in [-0.1, -0.05) is 41.9 Å². The van der Waals surface area contributed by atoms with Gasteiger partial charge in [-0.15, -0.1) is 0 Å². The van der Waals surface area contributed by atoms with E-state index in [4.69, 9.17) is 4.52 Å². The molecule has 102 valence electrons. The average Bonchev–Trinajstić information content (AvgIpc) is 2.90. The Labute approximate surface area is 117 Å². The van der Waals surface area contributed by atoms with E-state index in [2.05, 4.69) is 51.6 Å². The fraction of sp³-hybridized carbons (Fsp3) is 0.267. The number of hydrogen-bond donors (Lipinski definition) is 1. The van der Waals surface area contributed by atoms with E-state index in [1.54, 1.807) is 0 Å². The quantitative estimate of drug-likeness (QED) is 0.787. The van der Waals surface area contributed by atoms with Crippen LogP contribution in [0.4, 0.5) is 5.82 Å². The van der Waals surface area contributed by atoms with E-state index in [9.17, 15) is 0 Å². The molecule has 0 atom stereocenters. The van der Waals surface area contributed by atoms with Gasteiger partial charge < -0.3 is 9.84 Å². The SMILES string of the molecule is CCc1noc2ncnc(NCc3ccc(C)cc3)c12. The molecule has 5 nitrogen and oxygen atoms in total. The van der Waals surface area contributed by atoms with Gasteiger partial charge in [-0.25, -0.2) is 4.98 Å². The molecule has 0 spiro atoms. The molecule has 1 N–H and O–H groups in total. The van der Waals surface area contributed by atoms with E-state index >= 15 is 0 Å². The molecule has 5 heteroatoms. The highest BCUT2D eigenvalue weighted by atomic mass is 16.5. The van der Waals surface area contributed by atoms with E-state index in [-0.39, 0.29) is 0 Å². The van der Waals surface area contributed by atoms with Gasteiger partial charge in [-0.2, -0.15) is 4.98 Å². The van der Waals surface area contributed by atoms with Gasteiger partial charge in [-0.05, 0) is 18.9 Å². The normalized spacial score (nSPS) is 10.9. The number of hydrogen-bond acceptors (Lipinski definition) is 5. The Morgan fingerprint density at radius 1 is 1.15 bits per heavy atom. The van der Waals surface area contributed by atoms with Gasteiger partial charge >= 0.3 is 0 Å². The summed E-state index contributed by atoms with van der Waals surface area (Å²) < 4.78 is 5.21. The van der Waals surface area contributed by atoms with Crippen LogP contribution in [-0.2, 0) is 13.0 Å². The molecule has 0 aliphatic carbocycles. The molecule has 0 aliphatic heterocycles. The molecule has 20 heavy (non-hydrogen) atoms. The van der Waals surface area contributed by atoms with Crippen molar-refractivity contribution in [1.82, 2.24) is 15.1 Å². The van der Waals surface area contributed by atoms with Crippen LogP contribution in [0.5, 0.6) is 0 Å². The molecule has 1 aromatic carbocycles. The molecule has 0 fully saturated rings. The van der Waals surface area contributed by atoms with Gasteiger partial charge in [0.1, 0.15) is 17.5 Å². The summed E-state index contributed by atoms with van der Waals surface area (Å²) in [5.74, 6) is 0.772. The van der Waals surface area contributed by atoms with Crippen LogP contribution >= 0.6 is 0 Å². The smallest absolute Gasteiger partial charge is 0.263 e. The molecule has 0 saturated carbocycles. The zero-order chi connectivity index (χ0) is 13.9. The van der Waals surface area contributed by atoms with Crippen molar-refractivity contribution >= 4 is 16.9 Å². The molecular weight excluding hydrogens is 252 g/mol. The average molecular weight is 268 g/mol. The zero-order valence-electron chi connectivity index (χ0n) is 11.6. The van der Waals surface area contributed by atoms with Crippen LogP contribution in [0.2, 0.25) is 0 Å². The Bertz CT molecular complexity index is 718. The lowest BCUT2D eigenvalue weighted by molar-refractivity contribution is 0.439. The second kappa shape index (κ2) is 5.28. The lowest BCUT2D eigenvalue weighted by atomic mass is 10.1. The highest BCUT2D eigenvalue weighted by Gasteiger charge is 2.13. The maximum absolute atomic E-state index is 5.21. The molecule has 0 unspecified atom stereocenters. The zero-order valence-corrected chi connectivity index (χ0v) is 11.6. The standard InChI is InChI=1S/C15H16N4O/c1-3-12-13-14(17-9-18-15(13)20-19-12)16-8-11-6-4-10(2)5-7-11/h4-7,9H,3,8H2,1-2H3,(H,16,17,18). The third kappa shape index (κ3) is 2.34. The lowest BCUT2D eigenvalue weighted by Gasteiger charge is -2.06. The minimum atomic E-state index is 0.531. The van der Waals surface area contributed by atoms with Crippen molar-refractivity contribution in [3.8, 4) is 0 Å². The van der Waals surface area contributed by atoms with E-state index in [0.29, 0.717) is 12.3 Å². The fourth-order valence-electron chi connectivity index (χ4n) is 2.11. The topological polar surface area (TPSA) is 63.8 Å². The summed E-state index contributed by atoms with van der Waals surface area (Å²) in [4.78, 5) is 8.39. The maximum Gasteiger partial charge on any atom is 0.263 e. The van der Waals surface area contributed by atoms with Crippen molar-refractivity contribution in [3.63, 3.8) is 0 Å². The maximum atomic E-state index is 5.21. The number of aryl methyl sites for hydroxylation is 2. The van der Waals surface area contributed by atoms with Crippen molar-refractivity contribution in [3.05, 3.63) is 47.4 Å². The summed E-state index contributed by atoms with van der Waals surface area (Å²) in [6.45, 7) is 4.82. The van der Waals surface area contributed by atoms with Gasteiger partial charge in [-0.3, -0.25) is 0 Å².